The fourth-order valence-corrected chi connectivity index (χ4v) is 3.39. The monoisotopic (exact) mass is 423 g/mol. The van der Waals surface area contributed by atoms with Crippen LogP contribution >= 0.6 is 11.6 Å². The summed E-state index contributed by atoms with van der Waals surface area (Å²) in [6.45, 7) is -0.445. The van der Waals surface area contributed by atoms with Crippen LogP contribution in [0.5, 0.6) is 5.75 Å². The molecule has 1 N–H and O–H groups in total. The molecule has 146 valence electrons. The van der Waals surface area contributed by atoms with Gasteiger partial charge in [0.15, 0.2) is 6.61 Å². The number of hydrogen-bond donors (Lipinski definition) is 1. The van der Waals surface area contributed by atoms with Crippen LogP contribution in [0.2, 0.25) is 5.02 Å². The number of carbonyl (C=O) groups is 1. The van der Waals surface area contributed by atoms with Gasteiger partial charge >= 0.3 is 12.1 Å². The Bertz CT molecular complexity index is 947. The lowest BCUT2D eigenvalue weighted by molar-refractivity contribution is -0.143. The van der Waals surface area contributed by atoms with Crippen molar-refractivity contribution in [2.24, 2.45) is 0 Å². The number of nitrogens with one attached hydrogen (secondary N) is 1. The van der Waals surface area contributed by atoms with Crippen LogP contribution in [0.4, 0.5) is 18.9 Å². The van der Waals surface area contributed by atoms with Gasteiger partial charge in [0, 0.05) is 0 Å². The molecule has 0 saturated carbocycles. The molecule has 2 aromatic rings. The highest BCUT2D eigenvalue weighted by Crippen LogP contribution is 2.36. The van der Waals surface area contributed by atoms with E-state index in [2.05, 4.69) is 4.74 Å². The predicted molar refractivity (Wildman–Crippen MR) is 91.2 cm³/mol. The number of para-hydroxylation sites is 1. The number of benzene rings is 2. The summed E-state index contributed by atoms with van der Waals surface area (Å²) in [7, 11) is -3.19. The Balaban J connectivity index is 2.28. The Morgan fingerprint density at radius 2 is 1.85 bits per heavy atom. The zero-order chi connectivity index (χ0) is 20.2. The van der Waals surface area contributed by atoms with E-state index in [0.717, 1.165) is 37.4 Å². The smallest absolute Gasteiger partial charge is 0.418 e. The van der Waals surface area contributed by atoms with Crippen molar-refractivity contribution >= 4 is 33.3 Å². The average molecular weight is 424 g/mol. The predicted octanol–water partition coefficient (Wildman–Crippen LogP) is 3.71. The number of carbonyl (C=O) groups excluding carboxylic acids is 1. The Labute approximate surface area is 157 Å². The molecule has 27 heavy (non-hydrogen) atoms. The summed E-state index contributed by atoms with van der Waals surface area (Å²) in [5, 5.41) is -0.147. The first-order chi connectivity index (χ1) is 12.5. The molecule has 0 aliphatic heterocycles. The first-order valence-corrected chi connectivity index (χ1v) is 9.09. The first kappa shape index (κ1) is 20.8. The van der Waals surface area contributed by atoms with Gasteiger partial charge in [-0.25, -0.2) is 13.2 Å². The van der Waals surface area contributed by atoms with E-state index < -0.39 is 40.0 Å². The Hall–Kier alpha value is -2.46. The van der Waals surface area contributed by atoms with Gasteiger partial charge in [-0.2, -0.15) is 13.2 Å². The molecule has 0 radical (unpaired) electrons. The molecule has 0 aliphatic carbocycles. The first-order valence-electron chi connectivity index (χ1n) is 7.23. The second kappa shape index (κ2) is 8.05. The number of esters is 1. The minimum absolute atomic E-state index is 0.0108. The van der Waals surface area contributed by atoms with Gasteiger partial charge in [0.25, 0.3) is 10.0 Å². The highest BCUT2D eigenvalue weighted by atomic mass is 35.5. The maximum atomic E-state index is 13.0. The fraction of sp³-hybridized carbons (Fsp3) is 0.188. The largest absolute Gasteiger partial charge is 0.480 e. The lowest BCUT2D eigenvalue weighted by Crippen LogP contribution is -2.17. The van der Waals surface area contributed by atoms with Crippen LogP contribution < -0.4 is 9.46 Å². The molecule has 2 rings (SSSR count). The number of hydrogen-bond acceptors (Lipinski definition) is 5. The van der Waals surface area contributed by atoms with E-state index in [9.17, 15) is 26.4 Å². The Kier molecular flexibility index (Phi) is 6.22. The molecule has 0 aliphatic rings. The van der Waals surface area contributed by atoms with E-state index in [1.807, 2.05) is 4.72 Å². The quantitative estimate of drug-likeness (QED) is 0.716. The third-order valence-electron chi connectivity index (χ3n) is 3.26. The third-order valence-corrected chi connectivity index (χ3v) is 4.92. The van der Waals surface area contributed by atoms with Crippen LogP contribution in [-0.4, -0.2) is 28.1 Å². The van der Waals surface area contributed by atoms with Crippen LogP contribution in [0.3, 0.4) is 0 Å². The van der Waals surface area contributed by atoms with Gasteiger partial charge in [-0.05, 0) is 30.3 Å². The molecule has 6 nitrogen and oxygen atoms in total. The van der Waals surface area contributed by atoms with Gasteiger partial charge in [0.2, 0.25) is 0 Å². The molecule has 0 atom stereocenters. The molecule has 0 saturated heterocycles. The van der Waals surface area contributed by atoms with Gasteiger partial charge in [-0.15, -0.1) is 0 Å². The van der Waals surface area contributed by atoms with Crippen molar-refractivity contribution in [3.8, 4) is 5.75 Å². The van der Waals surface area contributed by atoms with Crippen LogP contribution in [0, 0.1) is 0 Å². The topological polar surface area (TPSA) is 81.7 Å². The van der Waals surface area contributed by atoms with Crippen molar-refractivity contribution in [3.63, 3.8) is 0 Å². The average Bonchev–Trinajstić information content (AvgIpc) is 2.59. The van der Waals surface area contributed by atoms with Gasteiger partial charge in [0.05, 0.1) is 28.3 Å². The number of alkyl halides is 3. The molecule has 0 heterocycles. The number of sulfonamides is 1. The molecule has 0 aromatic heterocycles. The zero-order valence-corrected chi connectivity index (χ0v) is 15.3. The molecular weight excluding hydrogens is 411 g/mol. The number of halogens is 4. The number of methoxy groups -OCH3 is 1. The Morgan fingerprint density at radius 1 is 1.19 bits per heavy atom. The van der Waals surface area contributed by atoms with Crippen molar-refractivity contribution in [3.05, 3.63) is 53.1 Å². The second-order valence-electron chi connectivity index (χ2n) is 5.11. The molecule has 0 spiro atoms. The molecule has 0 fully saturated rings. The van der Waals surface area contributed by atoms with Crippen LogP contribution in [0.25, 0.3) is 0 Å². The van der Waals surface area contributed by atoms with Crippen LogP contribution in [0.1, 0.15) is 5.56 Å². The van der Waals surface area contributed by atoms with E-state index in [-0.39, 0.29) is 15.7 Å². The lowest BCUT2D eigenvalue weighted by Gasteiger charge is -2.15. The minimum Gasteiger partial charge on any atom is -0.480 e. The SMILES string of the molecule is COC(=O)COc1ccc(S(=O)(=O)Nc2ccccc2C(F)(F)F)cc1Cl. The summed E-state index contributed by atoms with van der Waals surface area (Å²) in [4.78, 5) is 10.7. The van der Waals surface area contributed by atoms with Gasteiger partial charge in [-0.3, -0.25) is 4.72 Å². The normalized spacial score (nSPS) is 11.7. The second-order valence-corrected chi connectivity index (χ2v) is 7.20. The van der Waals surface area contributed by atoms with E-state index >= 15 is 0 Å². The Morgan fingerprint density at radius 3 is 2.44 bits per heavy atom. The van der Waals surface area contributed by atoms with Crippen molar-refractivity contribution < 1.29 is 35.9 Å². The standard InChI is InChI=1S/C16H13ClF3NO5S/c1-25-15(22)9-26-14-7-6-10(8-12(14)17)27(23,24)21-13-5-3-2-4-11(13)16(18,19)20/h2-8,21H,9H2,1H3. The molecule has 11 heteroatoms. The van der Waals surface area contributed by atoms with E-state index in [1.165, 1.54) is 12.1 Å². The summed E-state index contributed by atoms with van der Waals surface area (Å²) in [5.41, 5.74) is -1.75. The van der Waals surface area contributed by atoms with Gasteiger partial charge in [-0.1, -0.05) is 23.7 Å². The van der Waals surface area contributed by atoms with Crippen molar-refractivity contribution in [1.82, 2.24) is 0 Å². The van der Waals surface area contributed by atoms with Crippen molar-refractivity contribution in [1.29, 1.82) is 0 Å². The maximum Gasteiger partial charge on any atom is 0.418 e. The highest BCUT2D eigenvalue weighted by molar-refractivity contribution is 7.92. The number of ether oxygens (including phenoxy) is 2. The molecule has 0 bridgehead atoms. The highest BCUT2D eigenvalue weighted by Gasteiger charge is 2.34. The maximum absolute atomic E-state index is 13.0. The van der Waals surface area contributed by atoms with E-state index in [4.69, 9.17) is 16.3 Å². The summed E-state index contributed by atoms with van der Waals surface area (Å²) >= 11 is 5.92. The van der Waals surface area contributed by atoms with Gasteiger partial charge in [0.1, 0.15) is 5.75 Å². The van der Waals surface area contributed by atoms with Crippen molar-refractivity contribution in [2.75, 3.05) is 18.4 Å². The fourth-order valence-electron chi connectivity index (χ4n) is 1.98. The third kappa shape index (κ3) is 5.27. The summed E-state index contributed by atoms with van der Waals surface area (Å²) in [5.74, 6) is -0.662. The number of anilines is 1. The summed E-state index contributed by atoms with van der Waals surface area (Å²) in [6.07, 6.45) is -4.73. The molecule has 0 unspecified atom stereocenters. The summed E-state index contributed by atoms with van der Waals surface area (Å²) < 4.78 is 75.2. The molecular formula is C16H13ClF3NO5S. The minimum atomic E-state index is -4.73. The lowest BCUT2D eigenvalue weighted by atomic mass is 10.2. The van der Waals surface area contributed by atoms with E-state index in [0.29, 0.717) is 0 Å². The summed E-state index contributed by atoms with van der Waals surface area (Å²) in [6, 6.07) is 7.42. The number of rotatable bonds is 6. The van der Waals surface area contributed by atoms with Crippen LogP contribution in [-0.2, 0) is 25.7 Å². The zero-order valence-electron chi connectivity index (χ0n) is 13.7. The van der Waals surface area contributed by atoms with Gasteiger partial charge < -0.3 is 9.47 Å². The van der Waals surface area contributed by atoms with Crippen LogP contribution in [0.15, 0.2) is 47.4 Å². The van der Waals surface area contributed by atoms with Crippen molar-refractivity contribution in [2.45, 2.75) is 11.1 Å². The molecule has 0 amide bonds. The van der Waals surface area contributed by atoms with E-state index in [1.54, 1.807) is 0 Å². The molecule has 2 aromatic carbocycles.